The molecule has 2 aromatic rings. The molecule has 7 nitrogen and oxygen atoms in total. The molecule has 0 spiro atoms. The summed E-state index contributed by atoms with van der Waals surface area (Å²) in [7, 11) is -2.02. The largest absolute Gasteiger partial charge is 0.495 e. The second-order valence-electron chi connectivity index (χ2n) is 7.44. The highest BCUT2D eigenvalue weighted by Gasteiger charge is 2.38. The number of anilines is 1. The average Bonchev–Trinajstić information content (AvgIpc) is 2.75. The van der Waals surface area contributed by atoms with Gasteiger partial charge in [0, 0.05) is 29.2 Å². The topological polar surface area (TPSA) is 76.2 Å². The van der Waals surface area contributed by atoms with Crippen LogP contribution in [0.2, 0.25) is 0 Å². The molecular weight excluding hydrogens is 472 g/mol. The summed E-state index contributed by atoms with van der Waals surface area (Å²) >= 11 is 3.41. The Labute approximate surface area is 184 Å². The van der Waals surface area contributed by atoms with Gasteiger partial charge < -0.3 is 9.47 Å². The van der Waals surface area contributed by atoms with Gasteiger partial charge in [0.25, 0.3) is 0 Å². The van der Waals surface area contributed by atoms with E-state index in [-0.39, 0.29) is 17.5 Å². The number of aryl methyl sites for hydroxylation is 1. The van der Waals surface area contributed by atoms with Gasteiger partial charge in [-0.15, -0.1) is 0 Å². The third kappa shape index (κ3) is 3.70. The van der Waals surface area contributed by atoms with Crippen LogP contribution < -0.4 is 9.64 Å². The Balaban J connectivity index is 1.55. The summed E-state index contributed by atoms with van der Waals surface area (Å²) in [5.41, 5.74) is 2.47. The zero-order chi connectivity index (χ0) is 21.5. The lowest BCUT2D eigenvalue weighted by Gasteiger charge is -2.40. The Morgan fingerprint density at radius 1 is 1.17 bits per heavy atom. The van der Waals surface area contributed by atoms with Crippen molar-refractivity contribution >= 4 is 37.7 Å². The van der Waals surface area contributed by atoms with Gasteiger partial charge in [-0.25, -0.2) is 13.2 Å². The van der Waals surface area contributed by atoms with Gasteiger partial charge in [-0.1, -0.05) is 28.1 Å². The molecule has 0 radical (unpaired) electrons. The number of piperidine rings is 1. The molecule has 4 rings (SSSR count). The van der Waals surface area contributed by atoms with Crippen LogP contribution in [0.3, 0.4) is 0 Å². The predicted octanol–water partition coefficient (Wildman–Crippen LogP) is 4.08. The Kier molecular flexibility index (Phi) is 5.78. The first-order valence-corrected chi connectivity index (χ1v) is 11.9. The zero-order valence-electron chi connectivity index (χ0n) is 16.8. The van der Waals surface area contributed by atoms with E-state index in [4.69, 9.17) is 9.47 Å². The van der Waals surface area contributed by atoms with Crippen molar-refractivity contribution in [1.82, 2.24) is 4.31 Å². The van der Waals surface area contributed by atoms with E-state index in [0.717, 1.165) is 21.3 Å². The number of methoxy groups -OCH3 is 1. The molecule has 0 saturated carbocycles. The maximum Gasteiger partial charge on any atom is 0.415 e. The number of nitrogens with zero attached hydrogens (tertiary/aromatic N) is 2. The van der Waals surface area contributed by atoms with E-state index in [9.17, 15) is 13.2 Å². The Bertz CT molecular complexity index is 1070. The first kappa shape index (κ1) is 21.1. The number of fused-ring (bicyclic) bond motifs is 1. The Morgan fingerprint density at radius 2 is 1.90 bits per heavy atom. The van der Waals surface area contributed by atoms with Crippen LogP contribution >= 0.6 is 15.9 Å². The molecule has 0 atom stereocenters. The summed E-state index contributed by atoms with van der Waals surface area (Å²) in [6.07, 6.45) is 0.611. The molecule has 9 heteroatoms. The fourth-order valence-corrected chi connectivity index (χ4v) is 5.82. The van der Waals surface area contributed by atoms with Gasteiger partial charge in [0.05, 0.1) is 17.7 Å². The van der Waals surface area contributed by atoms with Gasteiger partial charge in [0.15, 0.2) is 0 Å². The number of carbonyl (C=O) groups excluding carboxylic acids is 1. The number of benzene rings is 2. The lowest BCUT2D eigenvalue weighted by molar-refractivity contribution is 0.135. The van der Waals surface area contributed by atoms with Crippen LogP contribution in [0.25, 0.3) is 0 Å². The van der Waals surface area contributed by atoms with E-state index in [1.165, 1.54) is 4.31 Å². The normalized spacial score (nSPS) is 18.1. The number of rotatable bonds is 4. The number of hydrogen-bond acceptors (Lipinski definition) is 5. The second-order valence-corrected chi connectivity index (χ2v) is 10.2. The van der Waals surface area contributed by atoms with Crippen molar-refractivity contribution in [2.24, 2.45) is 0 Å². The van der Waals surface area contributed by atoms with Gasteiger partial charge in [-0.05, 0) is 49.6 Å². The third-order valence-electron chi connectivity index (χ3n) is 5.65. The maximum absolute atomic E-state index is 13.1. The summed E-state index contributed by atoms with van der Waals surface area (Å²) in [4.78, 5) is 14.5. The zero-order valence-corrected chi connectivity index (χ0v) is 19.2. The number of hydrogen-bond donors (Lipinski definition) is 0. The summed E-state index contributed by atoms with van der Waals surface area (Å²) in [6.45, 7) is 2.73. The van der Waals surface area contributed by atoms with E-state index >= 15 is 0 Å². The molecule has 1 fully saturated rings. The van der Waals surface area contributed by atoms with Crippen LogP contribution in [-0.2, 0) is 21.4 Å². The van der Waals surface area contributed by atoms with E-state index in [2.05, 4.69) is 15.9 Å². The van der Waals surface area contributed by atoms with Crippen LogP contribution in [0.4, 0.5) is 10.5 Å². The van der Waals surface area contributed by atoms with Crippen molar-refractivity contribution in [2.45, 2.75) is 37.3 Å². The highest BCUT2D eigenvalue weighted by molar-refractivity contribution is 9.10. The smallest absolute Gasteiger partial charge is 0.415 e. The number of sulfonamides is 1. The average molecular weight is 495 g/mol. The lowest BCUT2D eigenvalue weighted by atomic mass is 10.0. The second kappa shape index (κ2) is 8.20. The minimum atomic E-state index is -3.59. The SMILES string of the molecule is COc1cccc2c1N(C1CCN(S(=O)(=O)c3ccc(Br)c(C)c3)CC1)C(=O)OC2. The predicted molar refractivity (Wildman–Crippen MR) is 116 cm³/mol. The number of ether oxygens (including phenoxy) is 2. The van der Waals surface area contributed by atoms with Gasteiger partial charge >= 0.3 is 6.09 Å². The van der Waals surface area contributed by atoms with E-state index in [1.54, 1.807) is 30.2 Å². The van der Waals surface area contributed by atoms with Crippen molar-refractivity contribution in [1.29, 1.82) is 0 Å². The lowest BCUT2D eigenvalue weighted by Crippen LogP contribution is -2.50. The van der Waals surface area contributed by atoms with Crippen molar-refractivity contribution in [3.05, 3.63) is 52.0 Å². The molecule has 0 aromatic heterocycles. The van der Waals surface area contributed by atoms with Crippen molar-refractivity contribution in [2.75, 3.05) is 25.1 Å². The molecule has 30 heavy (non-hydrogen) atoms. The monoisotopic (exact) mass is 494 g/mol. The number of carbonyl (C=O) groups is 1. The van der Waals surface area contributed by atoms with Gasteiger partial charge in [0.2, 0.25) is 10.0 Å². The molecule has 0 bridgehead atoms. The molecule has 2 aromatic carbocycles. The van der Waals surface area contributed by atoms with E-state index in [1.807, 2.05) is 25.1 Å². The quantitative estimate of drug-likeness (QED) is 0.639. The molecule has 2 aliphatic rings. The summed E-state index contributed by atoms with van der Waals surface area (Å²) in [5, 5.41) is 0. The molecule has 0 unspecified atom stereocenters. The molecule has 2 aliphatic heterocycles. The molecule has 2 heterocycles. The summed E-state index contributed by atoms with van der Waals surface area (Å²) in [5.74, 6) is 0.615. The highest BCUT2D eigenvalue weighted by atomic mass is 79.9. The Hall–Kier alpha value is -2.10. The van der Waals surface area contributed by atoms with Crippen LogP contribution in [0, 0.1) is 6.92 Å². The first-order valence-electron chi connectivity index (χ1n) is 9.71. The number of halogens is 1. The molecule has 0 N–H and O–H groups in total. The first-order chi connectivity index (χ1) is 14.3. The summed E-state index contributed by atoms with van der Waals surface area (Å²) < 4.78 is 39.4. The molecule has 1 amide bonds. The number of cyclic esters (lactones) is 1. The van der Waals surface area contributed by atoms with Crippen LogP contribution in [0.1, 0.15) is 24.0 Å². The Morgan fingerprint density at radius 3 is 2.57 bits per heavy atom. The van der Waals surface area contributed by atoms with Crippen LogP contribution in [0.15, 0.2) is 45.8 Å². The van der Waals surface area contributed by atoms with Crippen LogP contribution in [0.5, 0.6) is 5.75 Å². The number of amides is 1. The summed E-state index contributed by atoms with van der Waals surface area (Å²) in [6, 6.07) is 10.5. The van der Waals surface area contributed by atoms with Gasteiger partial charge in [0.1, 0.15) is 12.4 Å². The fraction of sp³-hybridized carbons (Fsp3) is 0.381. The molecular formula is C21H23BrN2O5S. The van der Waals surface area contributed by atoms with Crippen molar-refractivity contribution < 1.29 is 22.7 Å². The molecule has 1 saturated heterocycles. The van der Waals surface area contributed by atoms with Crippen molar-refractivity contribution in [3.8, 4) is 5.75 Å². The maximum atomic E-state index is 13.1. The van der Waals surface area contributed by atoms with Crippen LogP contribution in [-0.4, -0.2) is 45.1 Å². The minimum Gasteiger partial charge on any atom is -0.495 e. The van der Waals surface area contributed by atoms with E-state index < -0.39 is 16.1 Å². The highest BCUT2D eigenvalue weighted by Crippen LogP contribution is 2.39. The molecule has 0 aliphatic carbocycles. The third-order valence-corrected chi connectivity index (χ3v) is 8.43. The van der Waals surface area contributed by atoms with Gasteiger partial charge in [-0.3, -0.25) is 4.90 Å². The molecule has 160 valence electrons. The van der Waals surface area contributed by atoms with Gasteiger partial charge in [-0.2, -0.15) is 4.31 Å². The minimum absolute atomic E-state index is 0.161. The number of para-hydroxylation sites is 1. The fourth-order valence-electron chi connectivity index (χ4n) is 4.02. The standard InChI is InChI=1S/C21H23BrN2O5S/c1-14-12-17(6-7-18(14)22)30(26,27)23-10-8-16(9-11-23)24-20-15(13-29-21(24)25)4-3-5-19(20)28-2/h3-7,12,16H,8-11,13H2,1-2H3. The van der Waals surface area contributed by atoms with E-state index in [0.29, 0.717) is 31.7 Å². The van der Waals surface area contributed by atoms with Crippen molar-refractivity contribution in [3.63, 3.8) is 0 Å².